The van der Waals surface area contributed by atoms with E-state index in [1.807, 2.05) is 0 Å². The number of hydrogen-bond acceptors (Lipinski definition) is 4. The minimum atomic E-state index is -0.534. The summed E-state index contributed by atoms with van der Waals surface area (Å²) in [6.07, 6.45) is 1.35. The van der Waals surface area contributed by atoms with Crippen molar-refractivity contribution in [2.75, 3.05) is 0 Å². The highest BCUT2D eigenvalue weighted by Crippen LogP contribution is 2.27. The number of nitrogens with zero attached hydrogens (tertiary/aromatic N) is 2. The molecule has 0 atom stereocenters. The first-order valence-corrected chi connectivity index (χ1v) is 6.61. The Morgan fingerprint density at radius 3 is 2.70 bits per heavy atom. The molecule has 0 radical (unpaired) electrons. The van der Waals surface area contributed by atoms with Crippen LogP contribution in [-0.2, 0) is 0 Å². The number of nitro groups is 1. The smallest absolute Gasteiger partial charge is 0.270 e. The number of aliphatic imine (C=N–C) groups is 1. The number of halogens is 2. The van der Waals surface area contributed by atoms with E-state index in [2.05, 4.69) is 20.9 Å². The number of rotatable bonds is 3. The molecule has 0 saturated heterocycles. The number of hydrogen-bond donors (Lipinski definition) is 1. The van der Waals surface area contributed by atoms with Crippen LogP contribution < -0.4 is 0 Å². The van der Waals surface area contributed by atoms with Crippen molar-refractivity contribution in [3.8, 4) is 5.75 Å². The van der Waals surface area contributed by atoms with Gasteiger partial charge in [-0.3, -0.25) is 15.1 Å². The fourth-order valence-corrected chi connectivity index (χ4v) is 1.89. The summed E-state index contributed by atoms with van der Waals surface area (Å²) in [6.45, 7) is 0. The molecule has 0 aliphatic rings. The van der Waals surface area contributed by atoms with E-state index < -0.39 is 4.92 Å². The Morgan fingerprint density at radius 1 is 1.30 bits per heavy atom. The standard InChI is InChI=1S/C13H8BrClN2O3/c14-11-3-1-9(6-12(11)15)16-7-8-5-10(17(19)20)2-4-13(8)18/h1-7,18H. The average Bonchev–Trinajstić information content (AvgIpc) is 2.41. The first-order chi connectivity index (χ1) is 9.47. The number of phenols is 1. The molecule has 2 rings (SSSR count). The molecule has 2 aromatic rings. The molecule has 0 bridgehead atoms. The SMILES string of the molecule is O=[N+]([O-])c1ccc(O)c(C=Nc2ccc(Br)c(Cl)c2)c1. The Hall–Kier alpha value is -1.92. The zero-order valence-electron chi connectivity index (χ0n) is 9.96. The minimum absolute atomic E-state index is 0.0810. The number of benzene rings is 2. The maximum Gasteiger partial charge on any atom is 0.270 e. The van der Waals surface area contributed by atoms with Crippen LogP contribution >= 0.6 is 27.5 Å². The molecular formula is C13H8BrClN2O3. The van der Waals surface area contributed by atoms with Crippen molar-refractivity contribution >= 4 is 45.1 Å². The lowest BCUT2D eigenvalue weighted by Crippen LogP contribution is -1.90. The van der Waals surface area contributed by atoms with Gasteiger partial charge in [0.25, 0.3) is 5.69 Å². The molecule has 0 aliphatic carbocycles. The second-order valence-electron chi connectivity index (χ2n) is 3.86. The molecule has 0 saturated carbocycles. The first-order valence-electron chi connectivity index (χ1n) is 5.44. The van der Waals surface area contributed by atoms with Gasteiger partial charge >= 0.3 is 0 Å². The zero-order valence-corrected chi connectivity index (χ0v) is 12.3. The van der Waals surface area contributed by atoms with Gasteiger partial charge in [0.2, 0.25) is 0 Å². The summed E-state index contributed by atoms with van der Waals surface area (Å²) in [5.41, 5.74) is 0.723. The highest BCUT2D eigenvalue weighted by atomic mass is 79.9. The number of non-ortho nitro benzene ring substituents is 1. The van der Waals surface area contributed by atoms with E-state index in [0.29, 0.717) is 10.7 Å². The molecule has 0 heterocycles. The third-order valence-electron chi connectivity index (χ3n) is 2.48. The van der Waals surface area contributed by atoms with Gasteiger partial charge in [-0.2, -0.15) is 0 Å². The van der Waals surface area contributed by atoms with E-state index in [4.69, 9.17) is 11.6 Å². The van der Waals surface area contributed by atoms with Crippen LogP contribution in [0.4, 0.5) is 11.4 Å². The van der Waals surface area contributed by atoms with Crippen LogP contribution in [0.25, 0.3) is 0 Å². The molecule has 1 N–H and O–H groups in total. The predicted octanol–water partition coefficient (Wildman–Crippen LogP) is 4.47. The summed E-state index contributed by atoms with van der Waals surface area (Å²) in [4.78, 5) is 14.3. The lowest BCUT2D eigenvalue weighted by atomic mass is 10.2. The normalized spacial score (nSPS) is 10.9. The summed E-state index contributed by atoms with van der Waals surface area (Å²) >= 11 is 9.20. The van der Waals surface area contributed by atoms with Crippen LogP contribution in [0.3, 0.4) is 0 Å². The van der Waals surface area contributed by atoms with Crippen molar-refractivity contribution in [3.05, 3.63) is 61.6 Å². The fraction of sp³-hybridized carbons (Fsp3) is 0. The highest BCUT2D eigenvalue weighted by Gasteiger charge is 2.08. The molecule has 0 fully saturated rings. The van der Waals surface area contributed by atoms with Crippen molar-refractivity contribution in [1.29, 1.82) is 0 Å². The molecule has 0 unspecified atom stereocenters. The second-order valence-corrected chi connectivity index (χ2v) is 5.12. The first kappa shape index (κ1) is 14.5. The van der Waals surface area contributed by atoms with E-state index in [1.54, 1.807) is 18.2 Å². The molecular weight excluding hydrogens is 348 g/mol. The van der Waals surface area contributed by atoms with Crippen molar-refractivity contribution in [3.63, 3.8) is 0 Å². The number of aromatic hydroxyl groups is 1. The van der Waals surface area contributed by atoms with Crippen LogP contribution in [0.15, 0.2) is 45.9 Å². The molecule has 0 spiro atoms. The molecule has 2 aromatic carbocycles. The summed E-state index contributed by atoms with van der Waals surface area (Å²) in [6, 6.07) is 8.83. The summed E-state index contributed by atoms with van der Waals surface area (Å²) in [5, 5.41) is 20.8. The molecule has 20 heavy (non-hydrogen) atoms. The van der Waals surface area contributed by atoms with Crippen LogP contribution in [0.2, 0.25) is 5.02 Å². The highest BCUT2D eigenvalue weighted by molar-refractivity contribution is 9.10. The van der Waals surface area contributed by atoms with Gasteiger partial charge in [0, 0.05) is 28.4 Å². The summed E-state index contributed by atoms with van der Waals surface area (Å²) < 4.78 is 0.747. The van der Waals surface area contributed by atoms with Crippen molar-refractivity contribution in [2.24, 2.45) is 4.99 Å². The summed E-state index contributed by atoms with van der Waals surface area (Å²) in [5.74, 6) is -0.0810. The monoisotopic (exact) mass is 354 g/mol. The van der Waals surface area contributed by atoms with Crippen molar-refractivity contribution in [1.82, 2.24) is 0 Å². The average molecular weight is 356 g/mol. The molecule has 0 aromatic heterocycles. The van der Waals surface area contributed by atoms with E-state index in [-0.39, 0.29) is 17.0 Å². The van der Waals surface area contributed by atoms with E-state index in [0.717, 1.165) is 4.47 Å². The maximum absolute atomic E-state index is 10.7. The minimum Gasteiger partial charge on any atom is -0.507 e. The van der Waals surface area contributed by atoms with Gasteiger partial charge in [-0.15, -0.1) is 0 Å². The fourth-order valence-electron chi connectivity index (χ4n) is 1.47. The lowest BCUT2D eigenvalue weighted by Gasteiger charge is -2.00. The number of nitro benzene ring substituents is 1. The van der Waals surface area contributed by atoms with Crippen molar-refractivity contribution in [2.45, 2.75) is 0 Å². The Labute approximate surface area is 127 Å². The Bertz CT molecular complexity index is 704. The van der Waals surface area contributed by atoms with Gasteiger partial charge in [0.1, 0.15) is 5.75 Å². The maximum atomic E-state index is 10.7. The zero-order chi connectivity index (χ0) is 14.7. The molecule has 0 aliphatic heterocycles. The lowest BCUT2D eigenvalue weighted by molar-refractivity contribution is -0.384. The van der Waals surface area contributed by atoms with Gasteiger partial charge in [0.15, 0.2) is 0 Å². The second kappa shape index (κ2) is 6.02. The van der Waals surface area contributed by atoms with Crippen LogP contribution in [0.1, 0.15) is 5.56 Å². The third-order valence-corrected chi connectivity index (χ3v) is 3.71. The van der Waals surface area contributed by atoms with Gasteiger partial charge in [-0.05, 0) is 40.2 Å². The summed E-state index contributed by atoms with van der Waals surface area (Å²) in [7, 11) is 0. The molecule has 7 heteroatoms. The number of phenolic OH excluding ortho intramolecular Hbond substituents is 1. The van der Waals surface area contributed by atoms with Crippen molar-refractivity contribution < 1.29 is 10.0 Å². The molecule has 102 valence electrons. The topological polar surface area (TPSA) is 75.7 Å². The quantitative estimate of drug-likeness (QED) is 0.501. The predicted molar refractivity (Wildman–Crippen MR) is 81.2 cm³/mol. The van der Waals surface area contributed by atoms with Gasteiger partial charge in [-0.25, -0.2) is 0 Å². The van der Waals surface area contributed by atoms with E-state index in [9.17, 15) is 15.2 Å². The van der Waals surface area contributed by atoms with Crippen LogP contribution in [-0.4, -0.2) is 16.2 Å². The molecule has 0 amide bonds. The Kier molecular flexibility index (Phi) is 4.36. The van der Waals surface area contributed by atoms with E-state index >= 15 is 0 Å². The largest absolute Gasteiger partial charge is 0.507 e. The van der Waals surface area contributed by atoms with Gasteiger partial charge in [-0.1, -0.05) is 11.6 Å². The van der Waals surface area contributed by atoms with Gasteiger partial charge in [0.05, 0.1) is 15.6 Å². The van der Waals surface area contributed by atoms with E-state index in [1.165, 1.54) is 24.4 Å². The third kappa shape index (κ3) is 3.34. The Balaban J connectivity index is 2.33. The van der Waals surface area contributed by atoms with Crippen LogP contribution in [0.5, 0.6) is 5.75 Å². The Morgan fingerprint density at radius 2 is 2.05 bits per heavy atom. The van der Waals surface area contributed by atoms with Crippen LogP contribution in [0, 0.1) is 10.1 Å². The molecule has 5 nitrogen and oxygen atoms in total. The van der Waals surface area contributed by atoms with Gasteiger partial charge < -0.3 is 5.11 Å².